The molecule has 5 N–H and O–H groups in total. The molecular weight excluding hydrogens is 2030 g/mol. The number of hydrogen-bond donors (Lipinski definition) is 4. The summed E-state index contributed by atoms with van der Waals surface area (Å²) < 4.78 is 190. The molecule has 7 aromatic heterocycles. The van der Waals surface area contributed by atoms with Crippen LogP contribution in [0.15, 0.2) is 151 Å². The highest BCUT2D eigenvalue weighted by Crippen LogP contribution is 2.61. The lowest BCUT2D eigenvalue weighted by atomic mass is 10.0. The molecule has 37 nitrogen and oxygen atoms in total. The van der Waals surface area contributed by atoms with E-state index in [0.29, 0.717) is 99.4 Å². The number of aromatic nitrogens is 11. The number of alkyl halides is 8. The number of hydrogen-bond acceptors (Lipinski definition) is 33. The minimum atomic E-state index is -3.22. The standard InChI is InChI=1S/C29H26F2N8O3.C18H25F2N3O4.C17H16ClF2N3O2.C17H17F2N3O3.C12H11N5O.C3H8O.Cl3OP/c1-17-10-19(4-6-21(17)41-25-11-24-34-15-36-39(24)16-35-25)37-27-18(12-32)13-33-20-5-7-22(40-3)28(26(20)27)42-23-8-9-38(2)14-29(23,30)31;1-22(2)11-21-12-6-7-13(25-4)16(15(12)17(24)26-5)27-14-8-9-23(3)10-18(14,19)20;1-23-6-5-13(17(19,20)9-23)25-16-12(24-2)4-3-11-14(16)15(18)10(7-21)8-22-11;1-22-6-5-13(17(18,19)9-22)25-16-12(24-2)4-3-11-14(16)15(23)10(7-20)8-21-11;1-8-4-9(13)2-3-10(8)18-12-5-11-14-6-16-17(11)7-15-12;1-3(2)4;1-5(2,3)4/h4-7,10-11,13,15-16,23H,8-9,14H2,1-3H3,(H,33,37);6-7,11,14H,8-10H2,1-5H3;3-4,8,13H,5-6,9H2,1-2H3;3-4,8,13H,5-6,9H2,1-2H3,(H,21,23);2-7H,13H2,1H3;3-4H,1-2H3;/t23-;14-;2*13-;;;/m1111.../s1. The molecule has 0 bridgehead atoms. The summed E-state index contributed by atoms with van der Waals surface area (Å²) in [6.07, 6.45) is 6.38. The lowest BCUT2D eigenvalue weighted by molar-refractivity contribution is -0.135. The fraction of sp³-hybridized carbons (Fsp3) is 0.375. The Morgan fingerprint density at radius 3 is 1.37 bits per heavy atom. The van der Waals surface area contributed by atoms with Crippen LogP contribution in [0.25, 0.3) is 44.0 Å². The number of carbonyl (C=O) groups is 1. The van der Waals surface area contributed by atoms with Gasteiger partial charge in [0, 0.05) is 114 Å². The number of nitrogen functional groups attached to an aromatic ring is 1. The number of aliphatic hydroxyl groups is 1. The van der Waals surface area contributed by atoms with Crippen LogP contribution in [-0.2, 0) is 9.30 Å². The Balaban J connectivity index is 0.000000174. The number of piperidine rings is 4. The molecule has 4 atom stereocenters. The summed E-state index contributed by atoms with van der Waals surface area (Å²) in [7, 11) is 16.9. The quantitative estimate of drug-likeness (QED) is 0.0130. The number of rotatable bonds is 21. The van der Waals surface area contributed by atoms with E-state index >= 15 is 8.78 Å². The van der Waals surface area contributed by atoms with Gasteiger partial charge in [-0.1, -0.05) is 11.6 Å². The highest BCUT2D eigenvalue weighted by atomic mass is 36.0. The summed E-state index contributed by atoms with van der Waals surface area (Å²) in [6.45, 7) is 7.43. The van der Waals surface area contributed by atoms with Crippen LogP contribution in [-0.4, -0.2) is 280 Å². The van der Waals surface area contributed by atoms with Gasteiger partial charge in [0.1, 0.15) is 66.1 Å². The van der Waals surface area contributed by atoms with Crippen LogP contribution in [0.5, 0.6) is 69.3 Å². The molecule has 4 aliphatic rings. The maximum atomic E-state index is 15.0. The van der Waals surface area contributed by atoms with Crippen molar-refractivity contribution >= 4 is 130 Å². The SMILES string of the molecule is CC(C)O.COC(=O)c1c(N=CN(C)C)ccc(OC)c1O[C@@H]1CCN(C)CC1(F)F.COc1ccc2[nH]cc(C#N)c(=O)c2c1O[C@@H]1CCN(C)CC1(F)F.COc1ccc2ncc(C#N)c(Cl)c2c1O[C@@H]1CCN(C)CC1(F)F.COc1ccc2ncc(C#N)c(Nc3ccc(Oc4cc5ncnn5cn4)c(C)c3)c2c1O[C@@H]1CCN(C)CC1(F)F.Cc1cc(N)ccc1Oc1cc2ncnn2cn1.O=P(Cl)(Cl)Cl. The number of pyridine rings is 3. The number of H-pyrrole nitrogens is 1. The van der Waals surface area contributed by atoms with Crippen LogP contribution in [0.4, 0.5) is 57.9 Å². The van der Waals surface area contributed by atoms with Crippen LogP contribution in [0.1, 0.15) is 77.7 Å². The first-order valence-corrected chi connectivity index (χ1v) is 49.2. The number of aromatic amines is 1. The van der Waals surface area contributed by atoms with Crippen molar-refractivity contribution in [1.29, 1.82) is 15.8 Å². The Morgan fingerprint density at radius 1 is 0.562 bits per heavy atom. The number of halogens is 12. The van der Waals surface area contributed by atoms with E-state index in [1.807, 2.05) is 38.1 Å². The fourth-order valence-electron chi connectivity index (χ4n) is 15.4. The molecule has 0 amide bonds. The molecule has 13 aromatic rings. The third kappa shape index (κ3) is 28.9. The predicted octanol–water partition coefficient (Wildman–Crippen LogP) is 18.2. The summed E-state index contributed by atoms with van der Waals surface area (Å²) >= 11 is 20.1. The zero-order chi connectivity index (χ0) is 107. The number of nitriles is 3. The first-order valence-electron chi connectivity index (χ1n) is 44.4. The van der Waals surface area contributed by atoms with Crippen molar-refractivity contribution in [1.82, 2.24) is 78.6 Å². The average molecular weight is 2130 g/mol. The number of methoxy groups -OCH3 is 5. The Bertz CT molecular complexity index is 7090. The van der Waals surface area contributed by atoms with Gasteiger partial charge in [-0.15, -0.1) is 0 Å². The first kappa shape index (κ1) is 112. The van der Waals surface area contributed by atoms with Crippen LogP contribution < -0.4 is 63.8 Å². The number of anilines is 3. The summed E-state index contributed by atoms with van der Waals surface area (Å²) in [4.78, 5) is 65.0. The maximum absolute atomic E-state index is 15.0. The van der Waals surface area contributed by atoms with Crippen molar-refractivity contribution in [2.45, 2.75) is 108 Å². The van der Waals surface area contributed by atoms with E-state index in [9.17, 15) is 45.8 Å². The zero-order valence-corrected chi connectivity index (χ0v) is 85.4. The van der Waals surface area contributed by atoms with Gasteiger partial charge in [-0.2, -0.15) is 26.0 Å². The molecule has 0 aliphatic carbocycles. The number of aliphatic hydroxyl groups excluding tert-OH is 1. The van der Waals surface area contributed by atoms with Gasteiger partial charge in [0.2, 0.25) is 17.2 Å². The second kappa shape index (κ2) is 49.3. The molecule has 0 saturated carbocycles. The second-order valence-electron chi connectivity index (χ2n) is 34.1. The van der Waals surface area contributed by atoms with Gasteiger partial charge in [-0.05, 0) is 186 Å². The molecule has 4 fully saturated rings. The van der Waals surface area contributed by atoms with Gasteiger partial charge in [-0.25, -0.2) is 73.9 Å². The van der Waals surface area contributed by atoms with Gasteiger partial charge >= 0.3 is 11.2 Å². The number of fused-ring (bicyclic) bond motifs is 5. The lowest BCUT2D eigenvalue weighted by Crippen LogP contribution is -2.52. The molecule has 146 heavy (non-hydrogen) atoms. The molecule has 0 spiro atoms. The van der Waals surface area contributed by atoms with E-state index < -0.39 is 84.3 Å². The molecule has 11 heterocycles. The Labute approximate surface area is 851 Å². The van der Waals surface area contributed by atoms with E-state index in [1.54, 1.807) is 154 Å². The van der Waals surface area contributed by atoms with Crippen molar-refractivity contribution < 1.29 is 102 Å². The third-order valence-corrected chi connectivity index (χ3v) is 22.7. The number of carbonyl (C=O) groups excluding carboxylic acids is 1. The maximum Gasteiger partial charge on any atom is 0.344 e. The topological polar surface area (TPSA) is 439 Å². The number of nitrogens with zero attached hydrogens (tertiary/aromatic N) is 19. The highest BCUT2D eigenvalue weighted by Gasteiger charge is 2.50. The van der Waals surface area contributed by atoms with Crippen molar-refractivity contribution in [3.05, 3.63) is 190 Å². The Morgan fingerprint density at radius 2 is 0.952 bits per heavy atom. The van der Waals surface area contributed by atoms with Crippen molar-refractivity contribution in [3.8, 4) is 87.5 Å². The second-order valence-corrected chi connectivity index (χ2v) is 41.1. The van der Waals surface area contributed by atoms with E-state index in [0.717, 1.165) is 16.9 Å². The number of likely N-dealkylation sites (tertiary alicyclic amines) is 4. The van der Waals surface area contributed by atoms with E-state index in [4.69, 9.17) is 85.1 Å². The fourth-order valence-corrected chi connectivity index (χ4v) is 15.6. The average Bonchev–Trinajstić information content (AvgIpc) is 0.891. The van der Waals surface area contributed by atoms with E-state index in [1.165, 1.54) is 106 Å². The van der Waals surface area contributed by atoms with Crippen molar-refractivity contribution in [3.63, 3.8) is 0 Å². The minimum Gasteiger partial charge on any atom is -0.493 e. The first-order chi connectivity index (χ1) is 69.1. The van der Waals surface area contributed by atoms with Crippen LogP contribution in [0, 0.1) is 47.8 Å². The summed E-state index contributed by atoms with van der Waals surface area (Å²) in [6, 6.07) is 32.8. The summed E-state index contributed by atoms with van der Waals surface area (Å²) in [5.41, 5.74) is 11.5. The molecule has 17 rings (SSSR count). The number of ether oxygens (including phenoxy) is 11. The minimum absolute atomic E-state index is 0.0353. The van der Waals surface area contributed by atoms with Crippen LogP contribution in [0.3, 0.4) is 0 Å². The Kier molecular flexibility index (Phi) is 38.0. The summed E-state index contributed by atoms with van der Waals surface area (Å²) in [5, 5.41) is 45.1. The summed E-state index contributed by atoms with van der Waals surface area (Å²) in [5.74, 6) is -10.00. The largest absolute Gasteiger partial charge is 0.493 e. The molecule has 50 heteroatoms. The number of nitrogens with one attached hydrogen (secondary N) is 2. The third-order valence-electron chi connectivity index (χ3n) is 22.3. The number of esters is 1. The highest BCUT2D eigenvalue weighted by molar-refractivity contribution is 8.24. The molecule has 4 saturated heterocycles. The number of nitrogens with two attached hydrogens (primary N) is 1. The molecular formula is C96H103Cl4F8N22O15P. The molecule has 776 valence electrons. The molecule has 4 aliphatic heterocycles. The van der Waals surface area contributed by atoms with Crippen molar-refractivity contribution in [2.75, 3.05) is 141 Å². The van der Waals surface area contributed by atoms with Crippen LogP contribution in [0.2, 0.25) is 5.02 Å². The van der Waals surface area contributed by atoms with E-state index in [2.05, 4.69) is 95.2 Å². The number of aliphatic imine (C=N–C) groups is 1. The van der Waals surface area contributed by atoms with Crippen LogP contribution >= 0.6 is 50.5 Å². The Hall–Kier alpha value is -13.9. The van der Waals surface area contributed by atoms with Gasteiger partial charge in [0.05, 0.1) is 128 Å². The van der Waals surface area contributed by atoms with Gasteiger partial charge in [-0.3, -0.25) is 19.3 Å². The molecule has 0 radical (unpaired) electrons. The number of aryl methyl sites for hydroxylation is 2. The zero-order valence-electron chi connectivity index (χ0n) is 81.4. The normalized spacial score (nSPS) is 17.4. The van der Waals surface area contributed by atoms with Gasteiger partial charge in [0.15, 0.2) is 81.7 Å². The monoisotopic (exact) mass is 2130 g/mol. The van der Waals surface area contributed by atoms with Crippen molar-refractivity contribution in [2.24, 2.45) is 4.99 Å². The van der Waals surface area contributed by atoms with Gasteiger partial charge in [0.25, 0.3) is 23.7 Å². The van der Waals surface area contributed by atoms with E-state index in [-0.39, 0.29) is 123 Å². The van der Waals surface area contributed by atoms with Gasteiger partial charge < -0.3 is 97.7 Å². The smallest absolute Gasteiger partial charge is 0.344 e. The molecule has 0 unspecified atom stereocenters. The predicted molar refractivity (Wildman–Crippen MR) is 533 cm³/mol. The number of benzene rings is 6. The lowest BCUT2D eigenvalue weighted by Gasteiger charge is -2.36. The molecule has 6 aromatic carbocycles.